The molecule has 3 rings (SSSR count). The average molecular weight is 414 g/mol. The number of methoxy groups -OCH3 is 1. The predicted octanol–water partition coefficient (Wildman–Crippen LogP) is 2.39. The summed E-state index contributed by atoms with van der Waals surface area (Å²) in [6, 6.07) is 8.08. The number of likely N-dealkylation sites (tertiary alicyclic amines) is 1. The van der Waals surface area contributed by atoms with Crippen LogP contribution in [0.4, 0.5) is 0 Å². The highest BCUT2D eigenvalue weighted by Crippen LogP contribution is 2.22. The van der Waals surface area contributed by atoms with Crippen molar-refractivity contribution in [2.75, 3.05) is 27.7 Å². The second-order valence-corrected chi connectivity index (χ2v) is 7.94. The quantitative estimate of drug-likeness (QED) is 0.664. The number of carbonyl (C=O) groups excluding carboxylic acids is 2. The van der Waals surface area contributed by atoms with Gasteiger partial charge in [-0.15, -0.1) is 5.10 Å². The van der Waals surface area contributed by atoms with Crippen LogP contribution in [0.5, 0.6) is 5.75 Å². The van der Waals surface area contributed by atoms with Crippen LogP contribution in [0, 0.1) is 0 Å². The minimum absolute atomic E-state index is 0.158. The first-order chi connectivity index (χ1) is 14.5. The third-order valence-corrected chi connectivity index (χ3v) is 5.59. The van der Waals surface area contributed by atoms with Gasteiger partial charge < -0.3 is 14.5 Å². The number of aromatic nitrogens is 3. The number of nitrogens with zero attached hydrogens (tertiary/aromatic N) is 5. The van der Waals surface area contributed by atoms with Crippen LogP contribution < -0.4 is 4.74 Å². The van der Waals surface area contributed by atoms with Crippen LogP contribution in [0.2, 0.25) is 0 Å². The lowest BCUT2D eigenvalue weighted by atomic mass is 9.98. The molecule has 0 spiro atoms. The first-order valence-corrected chi connectivity index (χ1v) is 10.5. The van der Waals surface area contributed by atoms with E-state index in [1.165, 1.54) is 4.90 Å². The summed E-state index contributed by atoms with van der Waals surface area (Å²) in [5, 5.41) is 8.03. The van der Waals surface area contributed by atoms with E-state index in [0.29, 0.717) is 18.7 Å². The molecule has 1 saturated heterocycles. The van der Waals surface area contributed by atoms with Gasteiger partial charge in [0, 0.05) is 39.6 Å². The molecule has 8 heteroatoms. The first kappa shape index (κ1) is 21.8. The number of amides is 2. The molecule has 0 saturated carbocycles. The van der Waals surface area contributed by atoms with Gasteiger partial charge in [0.1, 0.15) is 5.75 Å². The largest absolute Gasteiger partial charge is 0.497 e. The van der Waals surface area contributed by atoms with Crippen molar-refractivity contribution in [1.29, 1.82) is 0 Å². The van der Waals surface area contributed by atoms with Gasteiger partial charge >= 0.3 is 0 Å². The second kappa shape index (κ2) is 10.2. The first-order valence-electron chi connectivity index (χ1n) is 10.5. The molecule has 2 aromatic rings. The Labute approximate surface area is 177 Å². The summed E-state index contributed by atoms with van der Waals surface area (Å²) >= 11 is 0. The van der Waals surface area contributed by atoms with Gasteiger partial charge in [0.05, 0.1) is 13.3 Å². The van der Waals surface area contributed by atoms with Crippen LogP contribution in [0.25, 0.3) is 0 Å². The van der Waals surface area contributed by atoms with Crippen LogP contribution in [0.3, 0.4) is 0 Å². The summed E-state index contributed by atoms with van der Waals surface area (Å²) in [7, 11) is 5.03. The molecule has 1 fully saturated rings. The Kier molecular flexibility index (Phi) is 7.43. The number of hydrogen-bond acceptors (Lipinski definition) is 5. The van der Waals surface area contributed by atoms with E-state index in [9.17, 15) is 9.59 Å². The lowest BCUT2D eigenvalue weighted by molar-refractivity contribution is -0.135. The fraction of sp³-hybridized carbons (Fsp3) is 0.545. The molecule has 1 aromatic heterocycles. The molecule has 0 bridgehead atoms. The van der Waals surface area contributed by atoms with E-state index < -0.39 is 0 Å². The molecule has 1 aromatic carbocycles. The SMILES string of the molecule is COc1ccc(CCC(=O)N2CCCCC2CCn2cc(C(=O)N(C)C)nn2)cc1. The van der Waals surface area contributed by atoms with Gasteiger partial charge in [-0.25, -0.2) is 0 Å². The third kappa shape index (κ3) is 5.58. The number of ether oxygens (including phenoxy) is 1. The van der Waals surface area contributed by atoms with Crippen LogP contribution in [0.1, 0.15) is 48.2 Å². The molecular formula is C22H31N5O3. The molecule has 0 radical (unpaired) electrons. The zero-order valence-corrected chi connectivity index (χ0v) is 18.1. The molecule has 0 N–H and O–H groups in total. The summed E-state index contributed by atoms with van der Waals surface area (Å²) in [6.07, 6.45) is 6.92. The van der Waals surface area contributed by atoms with E-state index in [1.54, 1.807) is 32.1 Å². The molecule has 1 aliphatic rings. The topological polar surface area (TPSA) is 80.6 Å². The van der Waals surface area contributed by atoms with E-state index >= 15 is 0 Å². The highest BCUT2D eigenvalue weighted by Gasteiger charge is 2.26. The maximum absolute atomic E-state index is 12.9. The maximum Gasteiger partial charge on any atom is 0.275 e. The second-order valence-electron chi connectivity index (χ2n) is 7.94. The Morgan fingerprint density at radius 2 is 1.97 bits per heavy atom. The normalized spacial score (nSPS) is 16.4. The van der Waals surface area contributed by atoms with Crippen molar-refractivity contribution in [1.82, 2.24) is 24.8 Å². The summed E-state index contributed by atoms with van der Waals surface area (Å²) in [5.74, 6) is 0.872. The summed E-state index contributed by atoms with van der Waals surface area (Å²) < 4.78 is 6.89. The lowest BCUT2D eigenvalue weighted by Gasteiger charge is -2.36. The molecule has 1 unspecified atom stereocenters. The Bertz CT molecular complexity index is 847. The van der Waals surface area contributed by atoms with E-state index in [2.05, 4.69) is 10.3 Å². The maximum atomic E-state index is 12.9. The molecule has 162 valence electrons. The van der Waals surface area contributed by atoms with Gasteiger partial charge in [-0.1, -0.05) is 17.3 Å². The predicted molar refractivity (Wildman–Crippen MR) is 113 cm³/mol. The lowest BCUT2D eigenvalue weighted by Crippen LogP contribution is -2.44. The van der Waals surface area contributed by atoms with E-state index in [4.69, 9.17) is 4.74 Å². The Morgan fingerprint density at radius 3 is 2.67 bits per heavy atom. The van der Waals surface area contributed by atoms with Crippen LogP contribution >= 0.6 is 0 Å². The van der Waals surface area contributed by atoms with Crippen molar-refractivity contribution < 1.29 is 14.3 Å². The van der Waals surface area contributed by atoms with Gasteiger partial charge in [0.25, 0.3) is 5.91 Å². The Hall–Kier alpha value is -2.90. The molecule has 30 heavy (non-hydrogen) atoms. The van der Waals surface area contributed by atoms with E-state index in [1.807, 2.05) is 29.2 Å². The molecule has 8 nitrogen and oxygen atoms in total. The summed E-state index contributed by atoms with van der Waals surface area (Å²) in [6.45, 7) is 1.45. The highest BCUT2D eigenvalue weighted by atomic mass is 16.5. The number of carbonyl (C=O) groups is 2. The molecule has 2 heterocycles. The van der Waals surface area contributed by atoms with Crippen LogP contribution in [0.15, 0.2) is 30.5 Å². The van der Waals surface area contributed by atoms with Crippen molar-refractivity contribution >= 4 is 11.8 Å². The Balaban J connectivity index is 1.53. The van der Waals surface area contributed by atoms with Gasteiger partial charge in [-0.3, -0.25) is 14.3 Å². The number of hydrogen-bond donors (Lipinski definition) is 0. The fourth-order valence-electron chi connectivity index (χ4n) is 3.83. The van der Waals surface area contributed by atoms with E-state index in [-0.39, 0.29) is 17.9 Å². The summed E-state index contributed by atoms with van der Waals surface area (Å²) in [5.41, 5.74) is 1.48. The van der Waals surface area contributed by atoms with Crippen LogP contribution in [-0.2, 0) is 17.8 Å². The van der Waals surface area contributed by atoms with Gasteiger partial charge in [0.15, 0.2) is 5.69 Å². The molecule has 0 aliphatic carbocycles. The smallest absolute Gasteiger partial charge is 0.275 e. The number of rotatable bonds is 8. The number of piperidine rings is 1. The highest BCUT2D eigenvalue weighted by molar-refractivity contribution is 5.91. The summed E-state index contributed by atoms with van der Waals surface area (Å²) in [4.78, 5) is 28.4. The molecular weight excluding hydrogens is 382 g/mol. The van der Waals surface area contributed by atoms with Gasteiger partial charge in [-0.2, -0.15) is 0 Å². The minimum atomic E-state index is -0.158. The minimum Gasteiger partial charge on any atom is -0.497 e. The van der Waals surface area contributed by atoms with Crippen LogP contribution in [-0.4, -0.2) is 70.4 Å². The van der Waals surface area contributed by atoms with Crippen molar-refractivity contribution in [2.24, 2.45) is 0 Å². The number of aryl methyl sites for hydroxylation is 2. The molecule has 2 amide bonds. The van der Waals surface area contributed by atoms with Gasteiger partial charge in [-0.05, 0) is 49.8 Å². The monoisotopic (exact) mass is 413 g/mol. The fourth-order valence-corrected chi connectivity index (χ4v) is 3.83. The average Bonchev–Trinajstić information content (AvgIpc) is 3.25. The third-order valence-electron chi connectivity index (χ3n) is 5.59. The molecule has 1 atom stereocenters. The number of benzene rings is 1. The van der Waals surface area contributed by atoms with Crippen molar-refractivity contribution in [3.05, 3.63) is 41.7 Å². The van der Waals surface area contributed by atoms with Crippen molar-refractivity contribution in [3.8, 4) is 5.75 Å². The van der Waals surface area contributed by atoms with E-state index in [0.717, 1.165) is 50.0 Å². The van der Waals surface area contributed by atoms with Crippen molar-refractivity contribution in [2.45, 2.75) is 51.1 Å². The zero-order chi connectivity index (χ0) is 21.5. The standard InChI is InChI=1S/C22H31N5O3/c1-25(2)22(29)20-16-26(24-23-20)15-13-18-6-4-5-14-27(18)21(28)12-9-17-7-10-19(30-3)11-8-17/h7-8,10-11,16,18H,4-6,9,12-15H2,1-3H3. The van der Waals surface area contributed by atoms with Crippen molar-refractivity contribution in [3.63, 3.8) is 0 Å². The zero-order valence-electron chi connectivity index (χ0n) is 18.1. The Morgan fingerprint density at radius 1 is 1.20 bits per heavy atom. The molecule has 1 aliphatic heterocycles. The van der Waals surface area contributed by atoms with Gasteiger partial charge in [0.2, 0.25) is 5.91 Å².